The number of aryl methyl sites for hydroxylation is 1. The van der Waals surface area contributed by atoms with Gasteiger partial charge in [0, 0.05) is 48.6 Å². The quantitative estimate of drug-likeness (QED) is 0.837. The minimum Gasteiger partial charge on any atom is -0.381 e. The normalized spacial score (nSPS) is 20.3. The van der Waals surface area contributed by atoms with E-state index in [2.05, 4.69) is 30.3 Å². The molecule has 1 aromatic heterocycles. The van der Waals surface area contributed by atoms with Crippen molar-refractivity contribution in [3.05, 3.63) is 21.4 Å². The van der Waals surface area contributed by atoms with Crippen molar-refractivity contribution in [2.45, 2.75) is 51.7 Å². The number of thiophene rings is 1. The standard InChI is InChI=1S/C17H28N2OS/c1-13-15(9-17(21-13)10-18-16-3-4-16)12-19(2)11-14-5-7-20-8-6-14/h9,14,16,18H,3-8,10-12H2,1-2H3. The first-order valence-corrected chi connectivity index (χ1v) is 9.10. The Morgan fingerprint density at radius 1 is 1.29 bits per heavy atom. The van der Waals surface area contributed by atoms with Crippen molar-refractivity contribution in [2.24, 2.45) is 5.92 Å². The Hall–Kier alpha value is -0.420. The summed E-state index contributed by atoms with van der Waals surface area (Å²) in [5.74, 6) is 0.818. The van der Waals surface area contributed by atoms with Crippen molar-refractivity contribution in [2.75, 3.05) is 26.8 Å². The van der Waals surface area contributed by atoms with E-state index in [-0.39, 0.29) is 0 Å². The van der Waals surface area contributed by atoms with Crippen molar-refractivity contribution < 1.29 is 4.74 Å². The molecule has 0 spiro atoms. The molecule has 1 aliphatic carbocycles. The minimum atomic E-state index is 0.798. The summed E-state index contributed by atoms with van der Waals surface area (Å²) in [6.07, 6.45) is 5.18. The molecule has 1 saturated heterocycles. The second-order valence-electron chi connectivity index (χ2n) is 6.70. The Morgan fingerprint density at radius 2 is 2.05 bits per heavy atom. The molecule has 3 rings (SSSR count). The van der Waals surface area contributed by atoms with Crippen LogP contribution in [0.3, 0.4) is 0 Å². The summed E-state index contributed by atoms with van der Waals surface area (Å²) in [6.45, 7) is 7.51. The molecule has 0 unspecified atom stereocenters. The smallest absolute Gasteiger partial charge is 0.0469 e. The lowest BCUT2D eigenvalue weighted by Crippen LogP contribution is -2.29. The predicted octanol–water partition coefficient (Wildman–Crippen LogP) is 3.17. The van der Waals surface area contributed by atoms with E-state index in [9.17, 15) is 0 Å². The van der Waals surface area contributed by atoms with Gasteiger partial charge in [-0.3, -0.25) is 0 Å². The largest absolute Gasteiger partial charge is 0.381 e. The van der Waals surface area contributed by atoms with Crippen LogP contribution in [0.1, 0.15) is 41.0 Å². The molecule has 2 fully saturated rings. The van der Waals surface area contributed by atoms with Crippen LogP contribution in [0.15, 0.2) is 6.07 Å². The van der Waals surface area contributed by atoms with Crippen LogP contribution < -0.4 is 5.32 Å². The average Bonchev–Trinajstić information content (AvgIpc) is 3.23. The third-order valence-corrected chi connectivity index (χ3v) is 5.66. The summed E-state index contributed by atoms with van der Waals surface area (Å²) in [5.41, 5.74) is 1.52. The van der Waals surface area contributed by atoms with Crippen LogP contribution >= 0.6 is 11.3 Å². The van der Waals surface area contributed by atoms with Gasteiger partial charge in [0.15, 0.2) is 0 Å². The summed E-state index contributed by atoms with van der Waals surface area (Å²) < 4.78 is 5.45. The minimum absolute atomic E-state index is 0.798. The zero-order valence-electron chi connectivity index (χ0n) is 13.4. The van der Waals surface area contributed by atoms with Gasteiger partial charge in [0.05, 0.1) is 0 Å². The predicted molar refractivity (Wildman–Crippen MR) is 88.8 cm³/mol. The molecule has 1 N–H and O–H groups in total. The van der Waals surface area contributed by atoms with E-state index in [1.807, 2.05) is 11.3 Å². The second kappa shape index (κ2) is 7.23. The first-order chi connectivity index (χ1) is 10.2. The molecule has 1 saturated carbocycles. The highest BCUT2D eigenvalue weighted by Crippen LogP contribution is 2.25. The fraction of sp³-hybridized carbons (Fsp3) is 0.765. The van der Waals surface area contributed by atoms with Gasteiger partial charge in [-0.25, -0.2) is 0 Å². The first-order valence-electron chi connectivity index (χ1n) is 8.28. The fourth-order valence-electron chi connectivity index (χ4n) is 3.09. The zero-order valence-corrected chi connectivity index (χ0v) is 14.2. The number of hydrogen-bond donors (Lipinski definition) is 1. The molecular formula is C17H28N2OS. The number of hydrogen-bond acceptors (Lipinski definition) is 4. The van der Waals surface area contributed by atoms with E-state index in [0.29, 0.717) is 0 Å². The number of rotatable bonds is 7. The Kier molecular flexibility index (Phi) is 5.33. The lowest BCUT2D eigenvalue weighted by Gasteiger charge is -2.27. The maximum atomic E-state index is 5.45. The molecule has 0 aromatic carbocycles. The third-order valence-electron chi connectivity index (χ3n) is 4.56. The molecule has 4 heteroatoms. The zero-order chi connectivity index (χ0) is 14.7. The van der Waals surface area contributed by atoms with Gasteiger partial charge in [-0.1, -0.05) is 0 Å². The van der Waals surface area contributed by atoms with Crippen LogP contribution in [0.5, 0.6) is 0 Å². The molecule has 118 valence electrons. The van der Waals surface area contributed by atoms with E-state index < -0.39 is 0 Å². The molecule has 0 radical (unpaired) electrons. The maximum Gasteiger partial charge on any atom is 0.0469 e. The number of ether oxygens (including phenoxy) is 1. The molecule has 3 nitrogen and oxygen atoms in total. The summed E-state index contributed by atoms with van der Waals surface area (Å²) in [6, 6.07) is 3.21. The van der Waals surface area contributed by atoms with Crippen LogP contribution in [0.25, 0.3) is 0 Å². The Morgan fingerprint density at radius 3 is 2.76 bits per heavy atom. The van der Waals surface area contributed by atoms with Gasteiger partial charge in [-0.05, 0) is 57.2 Å². The molecule has 1 aromatic rings. The van der Waals surface area contributed by atoms with Gasteiger partial charge in [0.1, 0.15) is 0 Å². The van der Waals surface area contributed by atoms with Crippen molar-refractivity contribution in [3.8, 4) is 0 Å². The fourth-order valence-corrected chi connectivity index (χ4v) is 4.09. The van der Waals surface area contributed by atoms with Crippen molar-refractivity contribution in [3.63, 3.8) is 0 Å². The molecule has 0 bridgehead atoms. The van der Waals surface area contributed by atoms with Crippen molar-refractivity contribution in [1.82, 2.24) is 10.2 Å². The topological polar surface area (TPSA) is 24.5 Å². The van der Waals surface area contributed by atoms with Crippen molar-refractivity contribution in [1.29, 1.82) is 0 Å². The summed E-state index contributed by atoms with van der Waals surface area (Å²) in [5, 5.41) is 3.62. The third kappa shape index (κ3) is 4.78. The molecule has 2 heterocycles. The van der Waals surface area contributed by atoms with Crippen LogP contribution in [0.2, 0.25) is 0 Å². The van der Waals surface area contributed by atoms with Crippen LogP contribution in [-0.2, 0) is 17.8 Å². The molecule has 2 aliphatic rings. The Bertz CT molecular complexity index is 450. The molecular weight excluding hydrogens is 280 g/mol. The van der Waals surface area contributed by atoms with E-state index in [4.69, 9.17) is 4.74 Å². The summed E-state index contributed by atoms with van der Waals surface area (Å²) >= 11 is 1.96. The summed E-state index contributed by atoms with van der Waals surface area (Å²) in [7, 11) is 2.26. The van der Waals surface area contributed by atoms with Crippen molar-refractivity contribution >= 4 is 11.3 Å². The molecule has 1 aliphatic heterocycles. The maximum absolute atomic E-state index is 5.45. The van der Waals surface area contributed by atoms with Gasteiger partial charge < -0.3 is 15.0 Å². The summed E-state index contributed by atoms with van der Waals surface area (Å²) in [4.78, 5) is 5.47. The Labute approximate surface area is 132 Å². The van der Waals surface area contributed by atoms with Crippen LogP contribution in [-0.4, -0.2) is 37.7 Å². The van der Waals surface area contributed by atoms with Crippen LogP contribution in [0.4, 0.5) is 0 Å². The second-order valence-corrected chi connectivity index (χ2v) is 8.04. The van der Waals surface area contributed by atoms with E-state index in [1.54, 1.807) is 0 Å². The van der Waals surface area contributed by atoms with Gasteiger partial charge >= 0.3 is 0 Å². The highest BCUT2D eigenvalue weighted by atomic mass is 32.1. The van der Waals surface area contributed by atoms with Gasteiger partial charge in [0.25, 0.3) is 0 Å². The highest BCUT2D eigenvalue weighted by molar-refractivity contribution is 7.12. The number of nitrogens with one attached hydrogen (secondary N) is 1. The van der Waals surface area contributed by atoms with E-state index >= 15 is 0 Å². The van der Waals surface area contributed by atoms with Crippen LogP contribution in [0, 0.1) is 12.8 Å². The van der Waals surface area contributed by atoms with E-state index in [1.165, 1.54) is 47.5 Å². The van der Waals surface area contributed by atoms with Gasteiger partial charge in [0.2, 0.25) is 0 Å². The lowest BCUT2D eigenvalue weighted by molar-refractivity contribution is 0.0549. The van der Waals surface area contributed by atoms with Gasteiger partial charge in [-0.15, -0.1) is 11.3 Å². The molecule has 0 atom stereocenters. The highest BCUT2D eigenvalue weighted by Gasteiger charge is 2.21. The Balaban J connectivity index is 1.48. The first kappa shape index (κ1) is 15.5. The monoisotopic (exact) mass is 308 g/mol. The lowest BCUT2D eigenvalue weighted by atomic mass is 10.00. The molecule has 21 heavy (non-hydrogen) atoms. The van der Waals surface area contributed by atoms with E-state index in [0.717, 1.165) is 38.3 Å². The SMILES string of the molecule is Cc1sc(CNC2CC2)cc1CN(C)CC1CCOCC1. The van der Waals surface area contributed by atoms with Gasteiger partial charge in [-0.2, -0.15) is 0 Å². The molecule has 0 amide bonds. The average molecular weight is 308 g/mol. The number of nitrogens with zero attached hydrogens (tertiary/aromatic N) is 1.